The van der Waals surface area contributed by atoms with E-state index in [1.165, 1.54) is 0 Å². The molecule has 2 aliphatic heterocycles. The molecule has 22 heavy (non-hydrogen) atoms. The molecule has 0 bridgehead atoms. The van der Waals surface area contributed by atoms with Gasteiger partial charge in [0, 0.05) is 5.56 Å². The predicted octanol–water partition coefficient (Wildman–Crippen LogP) is 2.19. The summed E-state index contributed by atoms with van der Waals surface area (Å²) in [6.45, 7) is 10.2. The van der Waals surface area contributed by atoms with Gasteiger partial charge in [0.25, 0.3) is 0 Å². The first-order chi connectivity index (χ1) is 10.2. The lowest BCUT2D eigenvalue weighted by atomic mass is 9.79. The van der Waals surface area contributed by atoms with Gasteiger partial charge in [0.05, 0.1) is 16.5 Å². The van der Waals surface area contributed by atoms with Crippen LogP contribution in [0.3, 0.4) is 0 Å². The molecular formula is C16H22BNO3S. The molecule has 6 heteroatoms. The molecule has 0 aliphatic carbocycles. The van der Waals surface area contributed by atoms with Crippen LogP contribution in [0.1, 0.15) is 40.2 Å². The van der Waals surface area contributed by atoms with E-state index in [4.69, 9.17) is 9.31 Å². The predicted molar refractivity (Wildman–Crippen MR) is 91.8 cm³/mol. The molecule has 1 saturated heterocycles. The van der Waals surface area contributed by atoms with E-state index in [2.05, 4.69) is 4.99 Å². The highest BCUT2D eigenvalue weighted by atomic mass is 32.2. The minimum absolute atomic E-state index is 0.109. The summed E-state index contributed by atoms with van der Waals surface area (Å²) in [5.41, 5.74) is 1.36. The Bertz CT molecular complexity index is 584. The Labute approximate surface area is 136 Å². The second-order valence-corrected chi connectivity index (χ2v) is 8.25. The van der Waals surface area contributed by atoms with Crippen LogP contribution in [0.4, 0.5) is 0 Å². The fourth-order valence-corrected chi connectivity index (χ4v) is 3.37. The standard InChI is InChI=1S/C16H22BNO3S/c1-10-13(19)18-14(22-10)11-6-8-12(9-7-11)17-20-15(2,3)16(4,5)21-17/h6-10,13,19H,1-5H3. The maximum atomic E-state index is 9.72. The Kier molecular flexibility index (Phi) is 3.92. The van der Waals surface area contributed by atoms with Crippen LogP contribution in [0.2, 0.25) is 0 Å². The molecule has 1 aromatic carbocycles. The van der Waals surface area contributed by atoms with Crippen molar-refractivity contribution in [2.45, 2.75) is 57.3 Å². The molecule has 0 radical (unpaired) electrons. The molecular weight excluding hydrogens is 297 g/mol. The van der Waals surface area contributed by atoms with Crippen LogP contribution in [0, 0.1) is 0 Å². The van der Waals surface area contributed by atoms with E-state index in [0.29, 0.717) is 0 Å². The monoisotopic (exact) mass is 319 g/mol. The largest absolute Gasteiger partial charge is 0.494 e. The minimum atomic E-state index is -0.609. The Hall–Kier alpha value is -0.815. The number of rotatable bonds is 2. The van der Waals surface area contributed by atoms with E-state index in [1.54, 1.807) is 11.8 Å². The van der Waals surface area contributed by atoms with Gasteiger partial charge in [-0.05, 0) is 40.1 Å². The van der Waals surface area contributed by atoms with Gasteiger partial charge in [0.15, 0.2) is 6.23 Å². The van der Waals surface area contributed by atoms with Gasteiger partial charge in [-0.3, -0.25) is 0 Å². The van der Waals surface area contributed by atoms with Crippen molar-refractivity contribution < 1.29 is 14.4 Å². The zero-order valence-corrected chi connectivity index (χ0v) is 14.5. The third-order valence-electron chi connectivity index (χ3n) is 4.65. The van der Waals surface area contributed by atoms with E-state index in [0.717, 1.165) is 16.1 Å². The molecule has 4 nitrogen and oxygen atoms in total. The van der Waals surface area contributed by atoms with Gasteiger partial charge >= 0.3 is 7.12 Å². The van der Waals surface area contributed by atoms with Gasteiger partial charge in [-0.2, -0.15) is 0 Å². The van der Waals surface area contributed by atoms with Crippen LogP contribution >= 0.6 is 11.8 Å². The first-order valence-corrected chi connectivity index (χ1v) is 8.46. The van der Waals surface area contributed by atoms with Gasteiger partial charge < -0.3 is 14.4 Å². The number of nitrogens with zero attached hydrogens (tertiary/aromatic N) is 1. The quantitative estimate of drug-likeness (QED) is 0.849. The molecule has 0 amide bonds. The SMILES string of the molecule is CC1SC(c2ccc(B3OC(C)(C)C(C)(C)O3)cc2)=NC1O. The zero-order valence-electron chi connectivity index (χ0n) is 13.7. The maximum absolute atomic E-state index is 9.72. The average molecular weight is 319 g/mol. The maximum Gasteiger partial charge on any atom is 0.494 e. The van der Waals surface area contributed by atoms with Crippen molar-refractivity contribution in [1.29, 1.82) is 0 Å². The highest BCUT2D eigenvalue weighted by molar-refractivity contribution is 8.15. The van der Waals surface area contributed by atoms with Crippen molar-refractivity contribution in [3.05, 3.63) is 29.8 Å². The minimum Gasteiger partial charge on any atom is -0.399 e. The molecule has 1 aromatic rings. The number of thioether (sulfide) groups is 1. The smallest absolute Gasteiger partial charge is 0.399 e. The molecule has 118 valence electrons. The van der Waals surface area contributed by atoms with Crippen molar-refractivity contribution in [2.75, 3.05) is 0 Å². The lowest BCUT2D eigenvalue weighted by Crippen LogP contribution is -2.41. The number of aliphatic hydroxyl groups excluding tert-OH is 1. The number of hydrogen-bond acceptors (Lipinski definition) is 5. The lowest BCUT2D eigenvalue weighted by molar-refractivity contribution is 0.00578. The van der Waals surface area contributed by atoms with Crippen LogP contribution in [-0.4, -0.2) is 39.9 Å². The summed E-state index contributed by atoms with van der Waals surface area (Å²) in [7, 11) is -0.346. The van der Waals surface area contributed by atoms with E-state index in [-0.39, 0.29) is 23.6 Å². The second kappa shape index (κ2) is 5.37. The van der Waals surface area contributed by atoms with Crippen molar-refractivity contribution >= 4 is 29.4 Å². The molecule has 0 saturated carbocycles. The summed E-state index contributed by atoms with van der Waals surface area (Å²) in [6, 6.07) is 8.04. The van der Waals surface area contributed by atoms with Crippen molar-refractivity contribution in [1.82, 2.24) is 0 Å². The fourth-order valence-electron chi connectivity index (χ4n) is 2.40. The van der Waals surface area contributed by atoms with Crippen LogP contribution in [0.15, 0.2) is 29.3 Å². The third-order valence-corrected chi connectivity index (χ3v) is 5.83. The summed E-state index contributed by atoms with van der Waals surface area (Å²) in [4.78, 5) is 4.29. The van der Waals surface area contributed by atoms with Crippen LogP contribution in [-0.2, 0) is 9.31 Å². The normalized spacial score (nSPS) is 29.7. The summed E-state index contributed by atoms with van der Waals surface area (Å²) in [6.07, 6.45) is -0.609. The van der Waals surface area contributed by atoms with Crippen LogP contribution in [0.25, 0.3) is 0 Å². The topological polar surface area (TPSA) is 51.0 Å². The molecule has 2 unspecified atom stereocenters. The van der Waals surface area contributed by atoms with Crippen molar-refractivity contribution in [2.24, 2.45) is 4.99 Å². The highest BCUT2D eigenvalue weighted by Crippen LogP contribution is 2.36. The second-order valence-electron chi connectivity index (χ2n) is 6.88. The number of aliphatic imine (C=N–C) groups is 1. The molecule has 0 aromatic heterocycles. The number of benzene rings is 1. The summed E-state index contributed by atoms with van der Waals surface area (Å²) < 4.78 is 12.1. The number of hydrogen-bond donors (Lipinski definition) is 1. The van der Waals surface area contributed by atoms with Crippen LogP contribution in [0.5, 0.6) is 0 Å². The molecule has 1 N–H and O–H groups in total. The lowest BCUT2D eigenvalue weighted by Gasteiger charge is -2.32. The van der Waals surface area contributed by atoms with E-state index in [9.17, 15) is 5.11 Å². The van der Waals surface area contributed by atoms with E-state index < -0.39 is 6.23 Å². The molecule has 2 atom stereocenters. The Balaban J connectivity index is 1.78. The van der Waals surface area contributed by atoms with Crippen molar-refractivity contribution in [3.63, 3.8) is 0 Å². The molecule has 3 rings (SSSR count). The summed E-state index contributed by atoms with van der Waals surface area (Å²) in [5, 5.41) is 10.7. The van der Waals surface area contributed by atoms with E-state index in [1.807, 2.05) is 58.9 Å². The van der Waals surface area contributed by atoms with Gasteiger partial charge in [-0.15, -0.1) is 0 Å². The van der Waals surface area contributed by atoms with Gasteiger partial charge in [-0.1, -0.05) is 36.0 Å². The third kappa shape index (κ3) is 2.73. The Morgan fingerprint density at radius 2 is 1.64 bits per heavy atom. The van der Waals surface area contributed by atoms with Crippen LogP contribution < -0.4 is 5.46 Å². The first kappa shape index (κ1) is 16.1. The first-order valence-electron chi connectivity index (χ1n) is 7.58. The highest BCUT2D eigenvalue weighted by Gasteiger charge is 2.51. The molecule has 2 aliphatic rings. The van der Waals surface area contributed by atoms with Gasteiger partial charge in [-0.25, -0.2) is 4.99 Å². The average Bonchev–Trinajstić information content (AvgIpc) is 2.87. The molecule has 0 spiro atoms. The fraction of sp³-hybridized carbons (Fsp3) is 0.562. The summed E-state index contributed by atoms with van der Waals surface area (Å²) in [5.74, 6) is 0. The van der Waals surface area contributed by atoms with Gasteiger partial charge in [0.2, 0.25) is 0 Å². The zero-order chi connectivity index (χ0) is 16.1. The summed E-state index contributed by atoms with van der Waals surface area (Å²) >= 11 is 1.60. The Morgan fingerprint density at radius 1 is 1.09 bits per heavy atom. The molecule has 1 fully saturated rings. The van der Waals surface area contributed by atoms with E-state index >= 15 is 0 Å². The molecule has 2 heterocycles. The number of aliphatic hydroxyl groups is 1. The van der Waals surface area contributed by atoms with Gasteiger partial charge in [0.1, 0.15) is 5.04 Å². The van der Waals surface area contributed by atoms with Crippen molar-refractivity contribution in [3.8, 4) is 0 Å². The Morgan fingerprint density at radius 3 is 2.09 bits per heavy atom.